The zero-order valence-corrected chi connectivity index (χ0v) is 17.8. The van der Waals surface area contributed by atoms with Crippen LogP contribution >= 0.6 is 27.5 Å². The summed E-state index contributed by atoms with van der Waals surface area (Å²) in [6.45, 7) is 0. The van der Waals surface area contributed by atoms with Crippen LogP contribution in [0.15, 0.2) is 69.6 Å². The van der Waals surface area contributed by atoms with E-state index in [4.69, 9.17) is 20.8 Å². The zero-order valence-electron chi connectivity index (χ0n) is 15.4. The number of fused-ring (bicyclic) bond motifs is 1. The number of aromatic nitrogens is 1. The predicted molar refractivity (Wildman–Crippen MR) is 117 cm³/mol. The van der Waals surface area contributed by atoms with Crippen molar-refractivity contribution in [2.75, 3.05) is 12.4 Å². The molecular formula is C22H16BrClN2O3. The van der Waals surface area contributed by atoms with Gasteiger partial charge < -0.3 is 14.5 Å². The van der Waals surface area contributed by atoms with E-state index >= 15 is 0 Å². The number of ether oxygens (including phenoxy) is 1. The first-order valence-corrected chi connectivity index (χ1v) is 9.98. The van der Waals surface area contributed by atoms with E-state index in [2.05, 4.69) is 26.2 Å². The molecule has 0 saturated carbocycles. The van der Waals surface area contributed by atoms with Crippen LogP contribution in [0.25, 0.3) is 22.6 Å². The van der Waals surface area contributed by atoms with Gasteiger partial charge in [-0.1, -0.05) is 23.7 Å². The fourth-order valence-electron chi connectivity index (χ4n) is 2.92. The highest BCUT2D eigenvalue weighted by molar-refractivity contribution is 9.10. The smallest absolute Gasteiger partial charge is 0.228 e. The summed E-state index contributed by atoms with van der Waals surface area (Å²) in [5.74, 6) is 1.11. The number of carbonyl (C=O) groups is 1. The van der Waals surface area contributed by atoms with Gasteiger partial charge in [0.05, 0.1) is 18.0 Å². The van der Waals surface area contributed by atoms with Crippen molar-refractivity contribution in [1.29, 1.82) is 0 Å². The summed E-state index contributed by atoms with van der Waals surface area (Å²) in [6.07, 6.45) is 0.263. The second-order valence-electron chi connectivity index (χ2n) is 6.40. The van der Waals surface area contributed by atoms with E-state index in [1.165, 1.54) is 0 Å². The normalized spacial score (nSPS) is 10.9. The molecule has 1 amide bonds. The van der Waals surface area contributed by atoms with Crippen LogP contribution in [0.4, 0.5) is 5.69 Å². The lowest BCUT2D eigenvalue weighted by molar-refractivity contribution is -0.115. The summed E-state index contributed by atoms with van der Waals surface area (Å²) >= 11 is 9.35. The largest absolute Gasteiger partial charge is 0.496 e. The van der Waals surface area contributed by atoms with Crippen molar-refractivity contribution in [3.8, 4) is 17.2 Å². The summed E-state index contributed by atoms with van der Waals surface area (Å²) < 4.78 is 11.9. The van der Waals surface area contributed by atoms with E-state index in [1.54, 1.807) is 37.4 Å². The number of anilines is 1. The topological polar surface area (TPSA) is 64.4 Å². The lowest BCUT2D eigenvalue weighted by Crippen LogP contribution is -2.14. The predicted octanol–water partition coefficient (Wildman–Crippen LogP) is 6.10. The lowest BCUT2D eigenvalue weighted by atomic mass is 10.1. The maximum atomic E-state index is 12.3. The first-order chi connectivity index (χ1) is 14.0. The Morgan fingerprint density at radius 1 is 1.14 bits per heavy atom. The third-order valence-electron chi connectivity index (χ3n) is 4.35. The molecule has 0 bridgehead atoms. The summed E-state index contributed by atoms with van der Waals surface area (Å²) in [6, 6.07) is 18.2. The molecule has 0 unspecified atom stereocenters. The Morgan fingerprint density at radius 2 is 1.93 bits per heavy atom. The third kappa shape index (κ3) is 4.44. The molecule has 0 aliphatic carbocycles. The fraction of sp³-hybridized carbons (Fsp3) is 0.0909. The van der Waals surface area contributed by atoms with Crippen LogP contribution < -0.4 is 10.1 Å². The highest BCUT2D eigenvalue weighted by Crippen LogP contribution is 2.32. The maximum Gasteiger partial charge on any atom is 0.228 e. The number of methoxy groups -OCH3 is 1. The van der Waals surface area contributed by atoms with Gasteiger partial charge in [-0.15, -0.1) is 0 Å². The highest BCUT2D eigenvalue weighted by atomic mass is 79.9. The van der Waals surface area contributed by atoms with Crippen LogP contribution in [0.3, 0.4) is 0 Å². The molecule has 4 aromatic rings. The number of halogens is 2. The molecule has 7 heteroatoms. The number of amides is 1. The monoisotopic (exact) mass is 470 g/mol. The minimum Gasteiger partial charge on any atom is -0.496 e. The van der Waals surface area contributed by atoms with Crippen molar-refractivity contribution in [2.24, 2.45) is 0 Å². The molecule has 3 aromatic carbocycles. The summed E-state index contributed by atoms with van der Waals surface area (Å²) in [5, 5.41) is 3.54. The number of rotatable bonds is 5. The Kier molecular flexibility index (Phi) is 5.56. The van der Waals surface area contributed by atoms with Crippen LogP contribution in [-0.2, 0) is 11.2 Å². The van der Waals surface area contributed by atoms with E-state index in [0.29, 0.717) is 27.7 Å². The van der Waals surface area contributed by atoms with Gasteiger partial charge in [-0.05, 0) is 70.0 Å². The van der Waals surface area contributed by atoms with Gasteiger partial charge in [0.1, 0.15) is 11.3 Å². The Labute approximate surface area is 180 Å². The molecular weight excluding hydrogens is 456 g/mol. The Balaban J connectivity index is 1.53. The molecule has 4 rings (SSSR count). The van der Waals surface area contributed by atoms with Gasteiger partial charge in [0.15, 0.2) is 5.58 Å². The number of benzene rings is 3. The molecule has 146 valence electrons. The standard InChI is InChI=1S/C22H16BrClN2O3/c1-28-19-8-4-14(11-17(19)23)22-26-18-12-16(7-9-20(18)29-22)25-21(27)10-13-2-5-15(24)6-3-13/h2-9,11-12H,10H2,1H3,(H,25,27). The number of oxazole rings is 1. The molecule has 0 fully saturated rings. The molecule has 1 heterocycles. The van der Waals surface area contributed by atoms with Crippen molar-refractivity contribution in [3.05, 3.63) is 75.7 Å². The fourth-order valence-corrected chi connectivity index (χ4v) is 3.59. The lowest BCUT2D eigenvalue weighted by Gasteiger charge is -2.05. The molecule has 1 aromatic heterocycles. The molecule has 0 atom stereocenters. The Bertz CT molecular complexity index is 1190. The SMILES string of the molecule is COc1ccc(-c2nc3cc(NC(=O)Cc4ccc(Cl)cc4)ccc3o2)cc1Br. The van der Waals surface area contributed by atoms with Gasteiger partial charge in [-0.25, -0.2) is 4.98 Å². The quantitative estimate of drug-likeness (QED) is 0.382. The van der Waals surface area contributed by atoms with E-state index in [1.807, 2.05) is 30.3 Å². The number of hydrogen-bond donors (Lipinski definition) is 1. The van der Waals surface area contributed by atoms with Gasteiger partial charge >= 0.3 is 0 Å². The van der Waals surface area contributed by atoms with E-state index < -0.39 is 0 Å². The number of nitrogens with zero attached hydrogens (tertiary/aromatic N) is 1. The van der Waals surface area contributed by atoms with E-state index in [-0.39, 0.29) is 12.3 Å². The van der Waals surface area contributed by atoms with Gasteiger partial charge in [0.2, 0.25) is 11.8 Å². The average Bonchev–Trinajstić information content (AvgIpc) is 3.13. The third-order valence-corrected chi connectivity index (χ3v) is 5.22. The number of carbonyl (C=O) groups excluding carboxylic acids is 1. The van der Waals surface area contributed by atoms with E-state index in [0.717, 1.165) is 21.3 Å². The second-order valence-corrected chi connectivity index (χ2v) is 7.69. The van der Waals surface area contributed by atoms with Gasteiger partial charge in [-0.2, -0.15) is 0 Å². The Hall–Kier alpha value is -2.83. The van der Waals surface area contributed by atoms with Crippen molar-refractivity contribution in [2.45, 2.75) is 6.42 Å². The second kappa shape index (κ2) is 8.27. The number of nitrogens with one attached hydrogen (secondary N) is 1. The van der Waals surface area contributed by atoms with E-state index in [9.17, 15) is 4.79 Å². The van der Waals surface area contributed by atoms with Gasteiger partial charge in [0, 0.05) is 16.3 Å². The van der Waals surface area contributed by atoms with Crippen LogP contribution in [0, 0.1) is 0 Å². The average molecular weight is 472 g/mol. The van der Waals surface area contributed by atoms with Crippen LogP contribution in [0.1, 0.15) is 5.56 Å². The summed E-state index contributed by atoms with van der Waals surface area (Å²) in [5.41, 5.74) is 3.68. The van der Waals surface area contributed by atoms with Gasteiger partial charge in [0.25, 0.3) is 0 Å². The van der Waals surface area contributed by atoms with Crippen molar-refractivity contribution in [1.82, 2.24) is 4.98 Å². The maximum absolute atomic E-state index is 12.3. The van der Waals surface area contributed by atoms with Crippen molar-refractivity contribution >= 4 is 50.2 Å². The minimum absolute atomic E-state index is 0.116. The summed E-state index contributed by atoms with van der Waals surface area (Å²) in [4.78, 5) is 16.9. The summed E-state index contributed by atoms with van der Waals surface area (Å²) in [7, 11) is 1.61. The van der Waals surface area contributed by atoms with Gasteiger partial charge in [-0.3, -0.25) is 4.79 Å². The minimum atomic E-state index is -0.116. The molecule has 29 heavy (non-hydrogen) atoms. The van der Waals surface area contributed by atoms with Crippen molar-refractivity contribution < 1.29 is 13.9 Å². The Morgan fingerprint density at radius 3 is 2.66 bits per heavy atom. The van der Waals surface area contributed by atoms with Crippen molar-refractivity contribution in [3.63, 3.8) is 0 Å². The highest BCUT2D eigenvalue weighted by Gasteiger charge is 2.12. The molecule has 1 N–H and O–H groups in total. The van der Waals surface area contributed by atoms with Crippen LogP contribution in [0.2, 0.25) is 5.02 Å². The van der Waals surface area contributed by atoms with Crippen LogP contribution in [-0.4, -0.2) is 18.0 Å². The van der Waals surface area contributed by atoms with Crippen LogP contribution in [0.5, 0.6) is 5.75 Å². The number of hydrogen-bond acceptors (Lipinski definition) is 4. The molecule has 0 saturated heterocycles. The zero-order chi connectivity index (χ0) is 20.4. The molecule has 0 radical (unpaired) electrons. The molecule has 5 nitrogen and oxygen atoms in total. The molecule has 0 aliphatic rings. The first kappa shape index (κ1) is 19.5. The first-order valence-electron chi connectivity index (χ1n) is 8.80. The molecule has 0 spiro atoms. The molecule has 0 aliphatic heterocycles.